The predicted octanol–water partition coefficient (Wildman–Crippen LogP) is 2.31. The number of ether oxygens (including phenoxy) is 2. The number of tetrazole rings is 1. The molecule has 33 heavy (non-hydrogen) atoms. The zero-order valence-electron chi connectivity index (χ0n) is 19.9. The van der Waals surface area contributed by atoms with Crippen LogP contribution in [0.5, 0.6) is 5.75 Å². The number of anilines is 2. The van der Waals surface area contributed by atoms with Crippen molar-refractivity contribution in [3.8, 4) is 5.75 Å². The minimum atomic E-state index is -0.0221. The van der Waals surface area contributed by atoms with Gasteiger partial charge in [0, 0.05) is 58.8 Å². The van der Waals surface area contributed by atoms with E-state index in [2.05, 4.69) is 80.7 Å². The maximum Gasteiger partial charge on any atom is 0.173 e. The van der Waals surface area contributed by atoms with Gasteiger partial charge in [0.1, 0.15) is 5.75 Å². The quantitative estimate of drug-likeness (QED) is 0.491. The van der Waals surface area contributed by atoms with Crippen molar-refractivity contribution in [3.63, 3.8) is 0 Å². The topological polar surface area (TPSA) is 71.8 Å². The Kier molecular flexibility index (Phi) is 7.41. The Morgan fingerprint density at radius 2 is 1.64 bits per heavy atom. The third-order valence-corrected chi connectivity index (χ3v) is 6.15. The number of rotatable bonds is 9. The molecule has 9 heteroatoms. The molecule has 0 saturated carbocycles. The van der Waals surface area contributed by atoms with Gasteiger partial charge in [-0.25, -0.2) is 4.68 Å². The summed E-state index contributed by atoms with van der Waals surface area (Å²) in [6, 6.07) is 16.9. The van der Waals surface area contributed by atoms with Crippen LogP contribution in [-0.2, 0) is 11.3 Å². The minimum absolute atomic E-state index is 0.0221. The second-order valence-electron chi connectivity index (χ2n) is 8.36. The molecule has 0 bridgehead atoms. The lowest BCUT2D eigenvalue weighted by Gasteiger charge is -2.40. The number of aromatic nitrogens is 4. The van der Waals surface area contributed by atoms with E-state index in [9.17, 15) is 0 Å². The highest BCUT2D eigenvalue weighted by Gasteiger charge is 2.30. The molecule has 1 saturated heterocycles. The Morgan fingerprint density at radius 1 is 0.939 bits per heavy atom. The summed E-state index contributed by atoms with van der Waals surface area (Å²) in [5.41, 5.74) is 3.57. The highest BCUT2D eigenvalue weighted by Crippen LogP contribution is 2.30. The minimum Gasteiger partial charge on any atom is -0.497 e. The molecule has 0 spiro atoms. The summed E-state index contributed by atoms with van der Waals surface area (Å²) in [6.07, 6.45) is 0. The average Bonchev–Trinajstić information content (AvgIpc) is 3.31. The summed E-state index contributed by atoms with van der Waals surface area (Å²) in [7, 11) is 7.49. The number of methoxy groups -OCH3 is 2. The van der Waals surface area contributed by atoms with Crippen molar-refractivity contribution in [1.82, 2.24) is 25.1 Å². The molecule has 0 unspecified atom stereocenters. The highest BCUT2D eigenvalue weighted by atomic mass is 16.5. The first-order valence-electron chi connectivity index (χ1n) is 11.3. The van der Waals surface area contributed by atoms with Crippen molar-refractivity contribution < 1.29 is 9.47 Å². The largest absolute Gasteiger partial charge is 0.497 e. The second-order valence-corrected chi connectivity index (χ2v) is 8.36. The van der Waals surface area contributed by atoms with Crippen LogP contribution in [0.3, 0.4) is 0 Å². The summed E-state index contributed by atoms with van der Waals surface area (Å²) < 4.78 is 12.4. The SMILES string of the molecule is COCCn1nnnc1[C@H](c1ccc(N(C)C)cc1)N1CCN(c2ccc(OC)cc2)CC1. The van der Waals surface area contributed by atoms with E-state index < -0.39 is 0 Å². The zero-order valence-corrected chi connectivity index (χ0v) is 19.9. The van der Waals surface area contributed by atoms with Gasteiger partial charge >= 0.3 is 0 Å². The van der Waals surface area contributed by atoms with Crippen LogP contribution in [-0.4, -0.2) is 86.2 Å². The monoisotopic (exact) mass is 451 g/mol. The summed E-state index contributed by atoms with van der Waals surface area (Å²) in [6.45, 7) is 4.86. The highest BCUT2D eigenvalue weighted by molar-refractivity contribution is 5.50. The van der Waals surface area contributed by atoms with Crippen molar-refractivity contribution >= 4 is 11.4 Å². The fourth-order valence-corrected chi connectivity index (χ4v) is 4.25. The molecule has 1 fully saturated rings. The number of benzene rings is 2. The van der Waals surface area contributed by atoms with Gasteiger partial charge in [-0.1, -0.05) is 12.1 Å². The maximum atomic E-state index is 5.30. The van der Waals surface area contributed by atoms with Gasteiger partial charge in [-0.05, 0) is 52.4 Å². The van der Waals surface area contributed by atoms with Gasteiger partial charge in [-0.15, -0.1) is 5.10 Å². The van der Waals surface area contributed by atoms with E-state index in [4.69, 9.17) is 9.47 Å². The molecule has 2 aromatic carbocycles. The Labute approximate surface area is 195 Å². The first kappa shape index (κ1) is 23.0. The van der Waals surface area contributed by atoms with Crippen LogP contribution in [0.25, 0.3) is 0 Å². The molecule has 1 atom stereocenters. The Bertz CT molecular complexity index is 996. The molecule has 3 aromatic rings. The van der Waals surface area contributed by atoms with Crippen molar-refractivity contribution in [2.75, 3.05) is 70.9 Å². The lowest BCUT2D eigenvalue weighted by Crippen LogP contribution is -2.48. The zero-order chi connectivity index (χ0) is 23.2. The van der Waals surface area contributed by atoms with Crippen LogP contribution < -0.4 is 14.5 Å². The summed E-state index contributed by atoms with van der Waals surface area (Å²) >= 11 is 0. The van der Waals surface area contributed by atoms with E-state index in [0.29, 0.717) is 13.2 Å². The van der Waals surface area contributed by atoms with Gasteiger partial charge in [0.25, 0.3) is 0 Å². The molecule has 2 heterocycles. The third-order valence-electron chi connectivity index (χ3n) is 6.15. The molecule has 0 aliphatic carbocycles. The molecular weight excluding hydrogens is 418 g/mol. The lowest BCUT2D eigenvalue weighted by molar-refractivity contribution is 0.172. The van der Waals surface area contributed by atoms with Gasteiger partial charge in [-0.3, -0.25) is 4.90 Å². The van der Waals surface area contributed by atoms with E-state index in [1.807, 2.05) is 16.8 Å². The molecule has 1 aliphatic rings. The van der Waals surface area contributed by atoms with E-state index in [-0.39, 0.29) is 6.04 Å². The van der Waals surface area contributed by atoms with E-state index in [1.54, 1.807) is 14.2 Å². The predicted molar refractivity (Wildman–Crippen MR) is 129 cm³/mol. The van der Waals surface area contributed by atoms with Crippen LogP contribution >= 0.6 is 0 Å². The van der Waals surface area contributed by atoms with Gasteiger partial charge in [0.15, 0.2) is 5.82 Å². The van der Waals surface area contributed by atoms with Gasteiger partial charge < -0.3 is 19.3 Å². The van der Waals surface area contributed by atoms with Crippen LogP contribution in [0.1, 0.15) is 17.4 Å². The first-order valence-corrected chi connectivity index (χ1v) is 11.3. The summed E-state index contributed by atoms with van der Waals surface area (Å²) in [4.78, 5) is 6.99. The Hall–Kier alpha value is -3.17. The molecule has 0 N–H and O–H groups in total. The standard InChI is InChI=1S/C24H33N7O2/c1-28(2)20-7-5-19(6-8-20)23(24-25-26-27-31(24)17-18-32-3)30-15-13-29(14-16-30)21-9-11-22(33-4)12-10-21/h5-12,23H,13-18H2,1-4H3/t23-/m0/s1. The van der Waals surface area contributed by atoms with Crippen molar-refractivity contribution in [2.24, 2.45) is 0 Å². The van der Waals surface area contributed by atoms with E-state index in [1.165, 1.54) is 16.9 Å². The molecule has 176 valence electrons. The molecule has 1 aromatic heterocycles. The maximum absolute atomic E-state index is 5.30. The van der Waals surface area contributed by atoms with Gasteiger partial charge in [-0.2, -0.15) is 0 Å². The van der Waals surface area contributed by atoms with Crippen LogP contribution in [0.15, 0.2) is 48.5 Å². The molecule has 9 nitrogen and oxygen atoms in total. The summed E-state index contributed by atoms with van der Waals surface area (Å²) in [5, 5.41) is 12.7. The van der Waals surface area contributed by atoms with Gasteiger partial charge in [0.2, 0.25) is 0 Å². The number of hydrogen-bond donors (Lipinski definition) is 0. The lowest BCUT2D eigenvalue weighted by atomic mass is 10.0. The van der Waals surface area contributed by atoms with Crippen LogP contribution in [0.2, 0.25) is 0 Å². The van der Waals surface area contributed by atoms with Crippen molar-refractivity contribution in [1.29, 1.82) is 0 Å². The third kappa shape index (κ3) is 5.26. The summed E-state index contributed by atoms with van der Waals surface area (Å²) in [5.74, 6) is 1.73. The molecular formula is C24H33N7O2. The van der Waals surface area contributed by atoms with Crippen molar-refractivity contribution in [2.45, 2.75) is 12.6 Å². The fourth-order valence-electron chi connectivity index (χ4n) is 4.25. The molecule has 1 aliphatic heterocycles. The first-order chi connectivity index (χ1) is 16.1. The van der Waals surface area contributed by atoms with Gasteiger partial charge in [0.05, 0.1) is 26.3 Å². The number of piperazine rings is 1. The van der Waals surface area contributed by atoms with E-state index >= 15 is 0 Å². The van der Waals surface area contributed by atoms with Crippen LogP contribution in [0.4, 0.5) is 11.4 Å². The molecule has 0 amide bonds. The molecule has 0 radical (unpaired) electrons. The Morgan fingerprint density at radius 3 is 2.24 bits per heavy atom. The Balaban J connectivity index is 1.57. The fraction of sp³-hybridized carbons (Fsp3) is 0.458. The van der Waals surface area contributed by atoms with Crippen LogP contribution in [0, 0.1) is 0 Å². The second kappa shape index (κ2) is 10.6. The number of hydrogen-bond acceptors (Lipinski definition) is 8. The van der Waals surface area contributed by atoms with Crippen molar-refractivity contribution in [3.05, 3.63) is 59.9 Å². The smallest absolute Gasteiger partial charge is 0.173 e. The molecule has 4 rings (SSSR count). The normalized spacial score (nSPS) is 15.5. The van der Waals surface area contributed by atoms with E-state index in [0.717, 1.165) is 37.8 Å². The number of nitrogens with zero attached hydrogens (tertiary/aromatic N) is 7. The average molecular weight is 452 g/mol.